The molecule has 1 aromatic rings. The monoisotopic (exact) mass is 643 g/mol. The first-order valence-electron chi connectivity index (χ1n) is 17.4. The highest BCUT2D eigenvalue weighted by molar-refractivity contribution is 5.90. The number of halogens is 2. The van der Waals surface area contributed by atoms with E-state index >= 15 is 4.39 Å². The molecule has 0 unspecified atom stereocenters. The maximum atomic E-state index is 15.3. The summed E-state index contributed by atoms with van der Waals surface area (Å²) in [4.78, 5) is 52.4. The lowest BCUT2D eigenvalue weighted by Gasteiger charge is -2.42. The maximum absolute atomic E-state index is 15.3. The summed E-state index contributed by atoms with van der Waals surface area (Å²) >= 11 is 0. The largest absolute Gasteiger partial charge is 0.338 e. The highest BCUT2D eigenvalue weighted by Gasteiger charge is 2.51. The molecule has 4 atom stereocenters. The Morgan fingerprint density at radius 2 is 1.59 bits per heavy atom. The molecule has 1 aliphatic carbocycles. The van der Waals surface area contributed by atoms with Crippen molar-refractivity contribution in [3.8, 4) is 0 Å². The van der Waals surface area contributed by atoms with Crippen LogP contribution in [0, 0.1) is 23.0 Å². The Bertz CT molecular complexity index is 1280. The summed E-state index contributed by atoms with van der Waals surface area (Å²) in [5.74, 6) is -2.65. The average molecular weight is 644 g/mol. The van der Waals surface area contributed by atoms with Gasteiger partial charge in [-0.2, -0.15) is 0 Å². The summed E-state index contributed by atoms with van der Waals surface area (Å²) in [6.07, 6.45) is 4.27. The van der Waals surface area contributed by atoms with Gasteiger partial charge >= 0.3 is 0 Å². The van der Waals surface area contributed by atoms with Crippen LogP contribution in [0.1, 0.15) is 92.1 Å². The Balaban J connectivity index is 1.46. The van der Waals surface area contributed by atoms with Gasteiger partial charge in [-0.3, -0.25) is 19.3 Å². The molecule has 3 amide bonds. The molecule has 3 aliphatic heterocycles. The second-order valence-electron chi connectivity index (χ2n) is 15.9. The molecule has 3 heterocycles. The molecule has 8 nitrogen and oxygen atoms in total. The van der Waals surface area contributed by atoms with Crippen LogP contribution in [0.3, 0.4) is 0 Å². The lowest BCUT2D eigenvalue weighted by atomic mass is 9.75. The molecule has 4 aliphatic rings. The van der Waals surface area contributed by atoms with Gasteiger partial charge in [-0.1, -0.05) is 26.8 Å². The van der Waals surface area contributed by atoms with Crippen molar-refractivity contribution in [2.45, 2.75) is 110 Å². The van der Waals surface area contributed by atoms with Gasteiger partial charge < -0.3 is 19.6 Å². The number of likely N-dealkylation sites (N-methyl/N-ethyl adjacent to an activating group) is 1. The second-order valence-corrected chi connectivity index (χ2v) is 15.9. The Labute approximate surface area is 274 Å². The van der Waals surface area contributed by atoms with Crippen LogP contribution in [-0.2, 0) is 14.4 Å². The van der Waals surface area contributed by atoms with Crippen molar-refractivity contribution in [1.82, 2.24) is 24.5 Å². The first-order valence-corrected chi connectivity index (χ1v) is 17.4. The summed E-state index contributed by atoms with van der Waals surface area (Å²) in [5, 5.41) is 0. The van der Waals surface area contributed by atoms with E-state index in [1.54, 1.807) is 11.8 Å². The molecule has 1 aromatic carbocycles. The molecule has 256 valence electrons. The normalized spacial score (nSPS) is 28.1. The van der Waals surface area contributed by atoms with E-state index in [1.165, 1.54) is 12.1 Å². The van der Waals surface area contributed by atoms with Gasteiger partial charge in [0, 0.05) is 76.3 Å². The number of rotatable bonds is 6. The zero-order chi connectivity index (χ0) is 33.6. The minimum atomic E-state index is -0.685. The second kappa shape index (κ2) is 13.5. The van der Waals surface area contributed by atoms with Crippen LogP contribution >= 0.6 is 0 Å². The quantitative estimate of drug-likeness (QED) is 0.449. The molecule has 5 rings (SSSR count). The van der Waals surface area contributed by atoms with E-state index < -0.39 is 29.5 Å². The zero-order valence-corrected chi connectivity index (χ0v) is 29.0. The Hall–Kier alpha value is -2.59. The van der Waals surface area contributed by atoms with E-state index in [-0.39, 0.29) is 47.3 Å². The molecular formula is C36H55F2N5O3. The van der Waals surface area contributed by atoms with Gasteiger partial charge in [-0.15, -0.1) is 0 Å². The van der Waals surface area contributed by atoms with Crippen LogP contribution < -0.4 is 0 Å². The van der Waals surface area contributed by atoms with Gasteiger partial charge in [0.15, 0.2) is 0 Å². The third-order valence-corrected chi connectivity index (χ3v) is 11.4. The highest BCUT2D eigenvalue weighted by Crippen LogP contribution is 2.42. The molecule has 1 saturated carbocycles. The number of likely N-dealkylation sites (tertiary alicyclic amines) is 2. The Kier molecular flexibility index (Phi) is 10.2. The zero-order valence-electron chi connectivity index (χ0n) is 29.0. The van der Waals surface area contributed by atoms with Gasteiger partial charge in [-0.25, -0.2) is 8.78 Å². The third-order valence-electron chi connectivity index (χ3n) is 11.4. The molecular weight excluding hydrogens is 588 g/mol. The standard InChI is InChI=1S/C36H55F2N5O3/c1-8-39-15-17-40(18-16-39)34(46)32-20-27(43(24(2)44)26-11-13-36(6,7)14-12-26)21-42(32)33(45)30-23-41(35(3,4)5)22-29(30)28-10-9-25(37)19-31(28)38/h9-10,19,26-27,29-30,32H,8,11-18,20-23H2,1-7H3/t27-,29-,30-,32-/m0/s1. The van der Waals surface area contributed by atoms with Crippen molar-refractivity contribution >= 4 is 17.7 Å². The van der Waals surface area contributed by atoms with Gasteiger partial charge in [0.05, 0.1) is 12.0 Å². The predicted molar refractivity (Wildman–Crippen MR) is 175 cm³/mol. The van der Waals surface area contributed by atoms with Crippen LogP contribution in [0.25, 0.3) is 0 Å². The average Bonchev–Trinajstić information content (AvgIpc) is 3.63. The summed E-state index contributed by atoms with van der Waals surface area (Å²) in [6, 6.07) is 2.74. The summed E-state index contributed by atoms with van der Waals surface area (Å²) in [6.45, 7) is 19.4. The van der Waals surface area contributed by atoms with E-state index in [0.717, 1.165) is 51.4 Å². The van der Waals surface area contributed by atoms with Crippen molar-refractivity contribution < 1.29 is 23.2 Å². The fraction of sp³-hybridized carbons (Fsp3) is 0.750. The van der Waals surface area contributed by atoms with Crippen molar-refractivity contribution in [2.24, 2.45) is 11.3 Å². The van der Waals surface area contributed by atoms with Gasteiger partial charge in [-0.05, 0) is 76.5 Å². The van der Waals surface area contributed by atoms with E-state index in [1.807, 2.05) is 9.80 Å². The van der Waals surface area contributed by atoms with Crippen LogP contribution in [0.4, 0.5) is 8.78 Å². The number of hydrogen-bond acceptors (Lipinski definition) is 5. The van der Waals surface area contributed by atoms with E-state index in [2.05, 4.69) is 51.3 Å². The fourth-order valence-electron chi connectivity index (χ4n) is 8.39. The van der Waals surface area contributed by atoms with Crippen LogP contribution in [0.15, 0.2) is 18.2 Å². The minimum absolute atomic E-state index is 0.0159. The predicted octanol–water partition coefficient (Wildman–Crippen LogP) is 4.73. The van der Waals surface area contributed by atoms with E-state index in [4.69, 9.17) is 0 Å². The maximum Gasteiger partial charge on any atom is 0.245 e. The SMILES string of the molecule is CCN1CCN(C(=O)[C@@H]2C[C@H](N(C(C)=O)C3CCC(C)(C)CC3)CN2C(=O)[C@H]2CN(C(C)(C)C)C[C@H]2c2ccc(F)cc2F)CC1. The number of carbonyl (C=O) groups is 3. The van der Waals surface area contributed by atoms with Crippen LogP contribution in [-0.4, -0.2) is 118 Å². The Morgan fingerprint density at radius 1 is 0.935 bits per heavy atom. The van der Waals surface area contributed by atoms with Gasteiger partial charge in [0.2, 0.25) is 17.7 Å². The first kappa shape index (κ1) is 34.7. The van der Waals surface area contributed by atoms with Crippen molar-refractivity contribution in [3.63, 3.8) is 0 Å². The number of piperazine rings is 1. The minimum Gasteiger partial charge on any atom is -0.338 e. The molecule has 46 heavy (non-hydrogen) atoms. The number of benzene rings is 1. The molecule has 0 spiro atoms. The van der Waals surface area contributed by atoms with Crippen molar-refractivity contribution in [2.75, 3.05) is 52.4 Å². The fourth-order valence-corrected chi connectivity index (χ4v) is 8.39. The first-order chi connectivity index (χ1) is 21.6. The van der Waals surface area contributed by atoms with Gasteiger partial charge in [0.25, 0.3) is 0 Å². The summed E-state index contributed by atoms with van der Waals surface area (Å²) < 4.78 is 29.2. The van der Waals surface area contributed by atoms with E-state index in [9.17, 15) is 18.8 Å². The lowest BCUT2D eigenvalue weighted by Crippen LogP contribution is -2.55. The molecule has 0 aromatic heterocycles. The van der Waals surface area contributed by atoms with Crippen LogP contribution in [0.2, 0.25) is 0 Å². The topological polar surface area (TPSA) is 67.4 Å². The molecule has 0 radical (unpaired) electrons. The number of hydrogen-bond donors (Lipinski definition) is 0. The lowest BCUT2D eigenvalue weighted by molar-refractivity contribution is -0.147. The summed E-state index contributed by atoms with van der Waals surface area (Å²) in [7, 11) is 0. The number of carbonyl (C=O) groups excluding carboxylic acids is 3. The third kappa shape index (κ3) is 7.28. The smallest absolute Gasteiger partial charge is 0.245 e. The molecule has 10 heteroatoms. The molecule has 0 N–H and O–H groups in total. The number of amides is 3. The van der Waals surface area contributed by atoms with Crippen LogP contribution in [0.5, 0.6) is 0 Å². The molecule has 3 saturated heterocycles. The van der Waals surface area contributed by atoms with Gasteiger partial charge in [0.1, 0.15) is 17.7 Å². The van der Waals surface area contributed by atoms with Crippen molar-refractivity contribution in [3.05, 3.63) is 35.4 Å². The highest BCUT2D eigenvalue weighted by atomic mass is 19.1. The van der Waals surface area contributed by atoms with E-state index in [0.29, 0.717) is 38.2 Å². The molecule has 0 bridgehead atoms. The number of nitrogens with zero attached hydrogens (tertiary/aromatic N) is 5. The Morgan fingerprint density at radius 3 is 2.15 bits per heavy atom. The van der Waals surface area contributed by atoms with Crippen molar-refractivity contribution in [1.29, 1.82) is 0 Å². The molecule has 4 fully saturated rings. The summed E-state index contributed by atoms with van der Waals surface area (Å²) in [5.41, 5.74) is 0.295.